The van der Waals surface area contributed by atoms with Crippen molar-refractivity contribution in [3.63, 3.8) is 0 Å². The molecule has 3 rings (SSSR count). The highest BCUT2D eigenvalue weighted by Gasteiger charge is 2.08. The third-order valence-corrected chi connectivity index (χ3v) is 4.31. The molecular formula is C23H19ClN2O3. The molecule has 3 aromatic rings. The highest BCUT2D eigenvalue weighted by atomic mass is 35.5. The highest BCUT2D eigenvalue weighted by molar-refractivity contribution is 6.30. The van der Waals surface area contributed by atoms with Gasteiger partial charge in [-0.25, -0.2) is 10.2 Å². The molecule has 146 valence electrons. The Kier molecular flexibility index (Phi) is 6.76. The van der Waals surface area contributed by atoms with Gasteiger partial charge in [-0.3, -0.25) is 4.79 Å². The summed E-state index contributed by atoms with van der Waals surface area (Å²) in [5.74, 6) is -0.215. The Balaban J connectivity index is 1.50. The summed E-state index contributed by atoms with van der Waals surface area (Å²) in [4.78, 5) is 24.0. The van der Waals surface area contributed by atoms with E-state index in [1.165, 1.54) is 6.21 Å². The maximum Gasteiger partial charge on any atom is 0.343 e. The normalized spacial score (nSPS) is 10.7. The van der Waals surface area contributed by atoms with Crippen LogP contribution in [-0.4, -0.2) is 18.1 Å². The zero-order valence-corrected chi connectivity index (χ0v) is 16.5. The van der Waals surface area contributed by atoms with Gasteiger partial charge in [0.15, 0.2) is 0 Å². The third-order valence-electron chi connectivity index (χ3n) is 4.06. The fraction of sp³-hybridized carbons (Fsp3) is 0.0870. The lowest BCUT2D eigenvalue weighted by molar-refractivity contribution is -0.120. The van der Waals surface area contributed by atoms with Crippen LogP contribution in [0.5, 0.6) is 5.75 Å². The van der Waals surface area contributed by atoms with Gasteiger partial charge in [-0.05, 0) is 66.6 Å². The predicted octanol–water partition coefficient (Wildman–Crippen LogP) is 4.56. The van der Waals surface area contributed by atoms with E-state index in [0.717, 1.165) is 16.7 Å². The Morgan fingerprint density at radius 3 is 2.28 bits per heavy atom. The van der Waals surface area contributed by atoms with Crippen molar-refractivity contribution in [2.45, 2.75) is 13.3 Å². The van der Waals surface area contributed by atoms with Gasteiger partial charge in [0.1, 0.15) is 5.75 Å². The summed E-state index contributed by atoms with van der Waals surface area (Å²) in [6.45, 7) is 1.95. The number of amides is 1. The minimum atomic E-state index is -0.416. The van der Waals surface area contributed by atoms with Gasteiger partial charge in [0.25, 0.3) is 0 Å². The number of aryl methyl sites for hydroxylation is 1. The summed E-state index contributed by atoms with van der Waals surface area (Å²) in [7, 11) is 0. The first-order valence-corrected chi connectivity index (χ1v) is 9.33. The number of hydrazone groups is 1. The average Bonchev–Trinajstić information content (AvgIpc) is 2.71. The Morgan fingerprint density at radius 1 is 0.966 bits per heavy atom. The molecule has 0 aliphatic heterocycles. The van der Waals surface area contributed by atoms with Crippen molar-refractivity contribution in [3.8, 4) is 5.75 Å². The molecule has 5 nitrogen and oxygen atoms in total. The molecule has 0 spiro atoms. The maximum atomic E-state index is 12.1. The van der Waals surface area contributed by atoms with Crippen LogP contribution in [0.2, 0.25) is 5.02 Å². The van der Waals surface area contributed by atoms with Gasteiger partial charge in [0, 0.05) is 5.02 Å². The van der Waals surface area contributed by atoms with Crippen molar-refractivity contribution in [1.82, 2.24) is 5.43 Å². The molecule has 29 heavy (non-hydrogen) atoms. The Hall–Kier alpha value is -3.44. The molecule has 0 saturated carbocycles. The molecule has 0 radical (unpaired) electrons. The minimum absolute atomic E-state index is 0.211. The summed E-state index contributed by atoms with van der Waals surface area (Å²) < 4.78 is 5.35. The largest absolute Gasteiger partial charge is 0.423 e. The lowest BCUT2D eigenvalue weighted by Gasteiger charge is -2.05. The molecule has 0 saturated heterocycles. The van der Waals surface area contributed by atoms with E-state index in [0.29, 0.717) is 16.3 Å². The Bertz CT molecular complexity index is 1010. The summed E-state index contributed by atoms with van der Waals surface area (Å²) in [6.07, 6.45) is 1.73. The van der Waals surface area contributed by atoms with E-state index in [-0.39, 0.29) is 12.3 Å². The quantitative estimate of drug-likeness (QED) is 0.282. The number of ether oxygens (including phenoxy) is 1. The van der Waals surface area contributed by atoms with Crippen molar-refractivity contribution >= 4 is 29.7 Å². The lowest BCUT2D eigenvalue weighted by Crippen LogP contribution is -2.19. The number of esters is 1. The minimum Gasteiger partial charge on any atom is -0.423 e. The zero-order valence-electron chi connectivity index (χ0n) is 15.8. The van der Waals surface area contributed by atoms with Gasteiger partial charge >= 0.3 is 5.97 Å². The molecule has 1 N–H and O–H groups in total. The first-order valence-electron chi connectivity index (χ1n) is 8.95. The topological polar surface area (TPSA) is 67.8 Å². The Labute approximate surface area is 174 Å². The van der Waals surface area contributed by atoms with Gasteiger partial charge in [-0.2, -0.15) is 5.10 Å². The van der Waals surface area contributed by atoms with Crippen LogP contribution in [0.3, 0.4) is 0 Å². The number of rotatable bonds is 6. The molecule has 0 atom stereocenters. The van der Waals surface area contributed by atoms with Crippen LogP contribution < -0.4 is 10.2 Å². The van der Waals surface area contributed by atoms with Gasteiger partial charge in [0.2, 0.25) is 5.91 Å². The van der Waals surface area contributed by atoms with E-state index >= 15 is 0 Å². The maximum absolute atomic E-state index is 12.1. The zero-order chi connectivity index (χ0) is 20.6. The van der Waals surface area contributed by atoms with Gasteiger partial charge in [-0.15, -0.1) is 0 Å². The SMILES string of the molecule is Cc1ccc(C(=O)Oc2ccc(/C=N/NC(=O)Cc3ccc(Cl)cc3)cc2)cc1. The van der Waals surface area contributed by atoms with Crippen LogP contribution in [0.25, 0.3) is 0 Å². The second kappa shape index (κ2) is 9.66. The number of hydrogen-bond donors (Lipinski definition) is 1. The van der Waals surface area contributed by atoms with Gasteiger partial charge in [0.05, 0.1) is 18.2 Å². The summed E-state index contributed by atoms with van der Waals surface area (Å²) in [5, 5.41) is 4.57. The van der Waals surface area contributed by atoms with Crippen molar-refractivity contribution in [2.24, 2.45) is 5.10 Å². The lowest BCUT2D eigenvalue weighted by atomic mass is 10.1. The third kappa shape index (κ3) is 6.30. The first kappa shape index (κ1) is 20.3. The molecule has 0 aliphatic rings. The summed E-state index contributed by atoms with van der Waals surface area (Å²) >= 11 is 5.82. The molecular weight excluding hydrogens is 388 g/mol. The molecule has 0 unspecified atom stereocenters. The monoisotopic (exact) mass is 406 g/mol. The van der Waals surface area contributed by atoms with E-state index in [9.17, 15) is 9.59 Å². The van der Waals surface area contributed by atoms with Crippen molar-refractivity contribution < 1.29 is 14.3 Å². The van der Waals surface area contributed by atoms with Crippen LogP contribution in [0.1, 0.15) is 27.0 Å². The van der Waals surface area contributed by atoms with Crippen molar-refractivity contribution in [3.05, 3.63) is 100 Å². The molecule has 1 amide bonds. The molecule has 3 aromatic carbocycles. The second-order valence-electron chi connectivity index (χ2n) is 6.42. The van der Waals surface area contributed by atoms with Crippen LogP contribution in [0.4, 0.5) is 0 Å². The average molecular weight is 407 g/mol. The second-order valence-corrected chi connectivity index (χ2v) is 6.86. The summed E-state index contributed by atoms with van der Waals surface area (Å²) in [5.41, 5.74) is 5.65. The number of nitrogens with zero attached hydrogens (tertiary/aromatic N) is 1. The fourth-order valence-corrected chi connectivity index (χ4v) is 2.61. The molecule has 0 aromatic heterocycles. The van der Waals surface area contributed by atoms with E-state index in [1.54, 1.807) is 60.7 Å². The number of hydrogen-bond acceptors (Lipinski definition) is 4. The van der Waals surface area contributed by atoms with Gasteiger partial charge in [-0.1, -0.05) is 41.4 Å². The smallest absolute Gasteiger partial charge is 0.343 e. The van der Waals surface area contributed by atoms with Crippen LogP contribution in [-0.2, 0) is 11.2 Å². The van der Waals surface area contributed by atoms with Crippen LogP contribution in [0.15, 0.2) is 77.9 Å². The number of nitrogens with one attached hydrogen (secondary N) is 1. The van der Waals surface area contributed by atoms with E-state index in [4.69, 9.17) is 16.3 Å². The molecule has 0 aliphatic carbocycles. The Morgan fingerprint density at radius 2 is 1.62 bits per heavy atom. The van der Waals surface area contributed by atoms with Gasteiger partial charge < -0.3 is 4.74 Å². The predicted molar refractivity (Wildman–Crippen MR) is 113 cm³/mol. The van der Waals surface area contributed by atoms with Crippen molar-refractivity contribution in [1.29, 1.82) is 0 Å². The molecule has 0 fully saturated rings. The summed E-state index contributed by atoms with van der Waals surface area (Å²) in [6, 6.07) is 21.1. The standard InChI is InChI=1S/C23H19ClN2O3/c1-16-2-8-19(9-3-16)23(28)29-21-12-6-18(7-13-21)15-25-26-22(27)14-17-4-10-20(24)11-5-17/h2-13,15H,14H2,1H3,(H,26,27)/b25-15+. The van der Waals surface area contributed by atoms with E-state index < -0.39 is 5.97 Å². The number of carbonyl (C=O) groups is 2. The van der Waals surface area contributed by atoms with Crippen molar-refractivity contribution in [2.75, 3.05) is 0 Å². The number of halogens is 1. The molecule has 0 bridgehead atoms. The molecule has 0 heterocycles. The van der Waals surface area contributed by atoms with Crippen LogP contribution in [0, 0.1) is 6.92 Å². The van der Waals surface area contributed by atoms with Crippen LogP contribution >= 0.6 is 11.6 Å². The number of carbonyl (C=O) groups excluding carboxylic acids is 2. The molecule has 6 heteroatoms. The highest BCUT2D eigenvalue weighted by Crippen LogP contribution is 2.14. The first-order chi connectivity index (χ1) is 14.0. The van der Waals surface area contributed by atoms with E-state index in [1.807, 2.05) is 19.1 Å². The van der Waals surface area contributed by atoms with E-state index in [2.05, 4.69) is 10.5 Å². The number of benzene rings is 3. The fourth-order valence-electron chi connectivity index (χ4n) is 2.48.